The number of carboxylic acids is 1. The van der Waals surface area contributed by atoms with Gasteiger partial charge in [0, 0.05) is 4.47 Å². The number of sulfonamides is 1. The van der Waals surface area contributed by atoms with E-state index in [9.17, 15) is 13.2 Å². The first-order chi connectivity index (χ1) is 9.79. The number of nitrogens with one attached hydrogen (secondary N) is 1. The zero-order chi connectivity index (χ0) is 15.6. The van der Waals surface area contributed by atoms with Crippen LogP contribution in [0.5, 0.6) is 0 Å². The van der Waals surface area contributed by atoms with Crippen molar-refractivity contribution in [2.24, 2.45) is 0 Å². The van der Waals surface area contributed by atoms with E-state index in [2.05, 4.69) is 20.7 Å². The molecule has 21 heavy (non-hydrogen) atoms. The van der Waals surface area contributed by atoms with Crippen molar-refractivity contribution < 1.29 is 18.3 Å². The summed E-state index contributed by atoms with van der Waals surface area (Å²) in [6, 6.07) is 10.6. The molecule has 2 aromatic carbocycles. The van der Waals surface area contributed by atoms with E-state index in [1.54, 1.807) is 25.1 Å². The fraction of sp³-hybridized carbons (Fsp3) is 0.0714. The molecule has 0 atom stereocenters. The van der Waals surface area contributed by atoms with Crippen LogP contribution in [0.15, 0.2) is 51.8 Å². The number of aromatic carboxylic acids is 1. The Hall–Kier alpha value is -1.86. The maximum absolute atomic E-state index is 12.3. The summed E-state index contributed by atoms with van der Waals surface area (Å²) in [6.45, 7) is 1.80. The van der Waals surface area contributed by atoms with Crippen LogP contribution in [0.4, 0.5) is 5.69 Å². The van der Waals surface area contributed by atoms with Crippen molar-refractivity contribution in [2.75, 3.05) is 4.72 Å². The second kappa shape index (κ2) is 5.87. The lowest BCUT2D eigenvalue weighted by Gasteiger charge is -2.10. The first-order valence-corrected chi connectivity index (χ1v) is 8.19. The Balaban J connectivity index is 2.35. The summed E-state index contributed by atoms with van der Waals surface area (Å²) >= 11 is 3.16. The largest absolute Gasteiger partial charge is 0.478 e. The van der Waals surface area contributed by atoms with Crippen LogP contribution in [0.1, 0.15) is 15.9 Å². The molecule has 0 radical (unpaired) electrons. The Bertz CT molecular complexity index is 802. The molecule has 0 saturated heterocycles. The molecule has 0 aromatic heterocycles. The highest BCUT2D eigenvalue weighted by Crippen LogP contribution is 2.26. The van der Waals surface area contributed by atoms with E-state index < -0.39 is 16.0 Å². The number of halogens is 1. The van der Waals surface area contributed by atoms with Gasteiger partial charge in [-0.3, -0.25) is 4.72 Å². The zero-order valence-corrected chi connectivity index (χ0v) is 13.4. The summed E-state index contributed by atoms with van der Waals surface area (Å²) in [7, 11) is -3.72. The van der Waals surface area contributed by atoms with Gasteiger partial charge in [0.25, 0.3) is 10.0 Å². The van der Waals surface area contributed by atoms with Gasteiger partial charge in [-0.1, -0.05) is 12.1 Å². The molecule has 2 rings (SSSR count). The first-order valence-electron chi connectivity index (χ1n) is 5.92. The summed E-state index contributed by atoms with van der Waals surface area (Å²) in [5.74, 6) is -1.08. The molecule has 110 valence electrons. The third-order valence-corrected chi connectivity index (χ3v) is 4.78. The topological polar surface area (TPSA) is 83.5 Å². The van der Waals surface area contributed by atoms with E-state index in [1.165, 1.54) is 24.3 Å². The van der Waals surface area contributed by atoms with E-state index in [4.69, 9.17) is 5.11 Å². The van der Waals surface area contributed by atoms with E-state index in [-0.39, 0.29) is 16.1 Å². The van der Waals surface area contributed by atoms with Crippen molar-refractivity contribution >= 4 is 37.6 Å². The molecule has 0 fully saturated rings. The standard InChI is InChI=1S/C14H12BrNO4S/c1-9-3-2-4-11(7-9)21(19,20)16-13-6-5-10(14(17)18)8-12(13)15/h2-8,16H,1H3,(H,17,18). The number of carboxylic acid groups (broad SMARTS) is 1. The summed E-state index contributed by atoms with van der Waals surface area (Å²) in [5.41, 5.74) is 1.18. The number of hydrogen-bond donors (Lipinski definition) is 2. The molecule has 2 N–H and O–H groups in total. The lowest BCUT2D eigenvalue weighted by molar-refractivity contribution is 0.0697. The second-order valence-electron chi connectivity index (χ2n) is 4.42. The minimum Gasteiger partial charge on any atom is -0.478 e. The summed E-state index contributed by atoms with van der Waals surface area (Å²) in [6.07, 6.45) is 0. The van der Waals surface area contributed by atoms with Gasteiger partial charge in [0.15, 0.2) is 0 Å². The molecule has 0 spiro atoms. The molecule has 5 nitrogen and oxygen atoms in total. The number of hydrogen-bond acceptors (Lipinski definition) is 3. The molecule has 2 aromatic rings. The van der Waals surface area contributed by atoms with Crippen LogP contribution in [0.3, 0.4) is 0 Å². The van der Waals surface area contributed by atoms with E-state index in [0.717, 1.165) is 5.56 Å². The average molecular weight is 370 g/mol. The Morgan fingerprint density at radius 3 is 2.48 bits per heavy atom. The Morgan fingerprint density at radius 1 is 1.19 bits per heavy atom. The molecule has 0 bridgehead atoms. The quantitative estimate of drug-likeness (QED) is 0.866. The van der Waals surface area contributed by atoms with Crippen LogP contribution in [0.2, 0.25) is 0 Å². The Morgan fingerprint density at radius 2 is 1.90 bits per heavy atom. The Kier molecular flexibility index (Phi) is 4.34. The van der Waals surface area contributed by atoms with Crippen LogP contribution in [0, 0.1) is 6.92 Å². The average Bonchev–Trinajstić information content (AvgIpc) is 2.40. The highest BCUT2D eigenvalue weighted by Gasteiger charge is 2.16. The normalized spacial score (nSPS) is 11.1. The summed E-state index contributed by atoms with van der Waals surface area (Å²) < 4.78 is 27.3. The number of rotatable bonds is 4. The third kappa shape index (κ3) is 3.62. The third-order valence-electron chi connectivity index (χ3n) is 2.76. The molecule has 0 aliphatic heterocycles. The fourth-order valence-electron chi connectivity index (χ4n) is 1.72. The van der Waals surface area contributed by atoms with Crippen molar-refractivity contribution in [2.45, 2.75) is 11.8 Å². The SMILES string of the molecule is Cc1cccc(S(=O)(=O)Nc2ccc(C(=O)O)cc2Br)c1. The molecule has 0 unspecified atom stereocenters. The number of carbonyl (C=O) groups is 1. The maximum Gasteiger partial charge on any atom is 0.335 e. The van der Waals surface area contributed by atoms with Crippen LogP contribution in [-0.2, 0) is 10.0 Å². The van der Waals surface area contributed by atoms with Crippen LogP contribution >= 0.6 is 15.9 Å². The predicted octanol–water partition coefficient (Wildman–Crippen LogP) is 3.26. The van der Waals surface area contributed by atoms with Crippen molar-refractivity contribution in [3.8, 4) is 0 Å². The number of anilines is 1. The van der Waals surface area contributed by atoms with Gasteiger partial charge in [-0.15, -0.1) is 0 Å². The van der Waals surface area contributed by atoms with Gasteiger partial charge < -0.3 is 5.11 Å². The Labute approximate surface area is 130 Å². The molecule has 0 amide bonds. The molecule has 7 heteroatoms. The number of aryl methyl sites for hydroxylation is 1. The molecular weight excluding hydrogens is 358 g/mol. The van der Waals surface area contributed by atoms with Gasteiger partial charge in [-0.05, 0) is 58.7 Å². The van der Waals surface area contributed by atoms with Crippen molar-refractivity contribution in [3.05, 3.63) is 58.1 Å². The van der Waals surface area contributed by atoms with Gasteiger partial charge in [0.05, 0.1) is 16.1 Å². The number of benzene rings is 2. The first kappa shape index (κ1) is 15.5. The lowest BCUT2D eigenvalue weighted by atomic mass is 10.2. The predicted molar refractivity (Wildman–Crippen MR) is 83.1 cm³/mol. The van der Waals surface area contributed by atoms with Crippen molar-refractivity contribution in [1.82, 2.24) is 0 Å². The fourth-order valence-corrected chi connectivity index (χ4v) is 3.51. The van der Waals surface area contributed by atoms with E-state index in [0.29, 0.717) is 4.47 Å². The van der Waals surface area contributed by atoms with Crippen molar-refractivity contribution in [3.63, 3.8) is 0 Å². The van der Waals surface area contributed by atoms with E-state index in [1.807, 2.05) is 0 Å². The molecular formula is C14H12BrNO4S. The van der Waals surface area contributed by atoms with Gasteiger partial charge in [-0.25, -0.2) is 13.2 Å². The molecule has 0 heterocycles. The van der Waals surface area contributed by atoms with Gasteiger partial charge in [-0.2, -0.15) is 0 Å². The lowest BCUT2D eigenvalue weighted by Crippen LogP contribution is -2.13. The molecule has 0 saturated carbocycles. The van der Waals surface area contributed by atoms with Crippen molar-refractivity contribution in [1.29, 1.82) is 0 Å². The van der Waals surface area contributed by atoms with Crippen LogP contribution in [-0.4, -0.2) is 19.5 Å². The van der Waals surface area contributed by atoms with Gasteiger partial charge in [0.1, 0.15) is 0 Å². The summed E-state index contributed by atoms with van der Waals surface area (Å²) in [5, 5.41) is 8.88. The minimum atomic E-state index is -3.72. The van der Waals surface area contributed by atoms with E-state index >= 15 is 0 Å². The highest BCUT2D eigenvalue weighted by molar-refractivity contribution is 9.10. The second-order valence-corrected chi connectivity index (χ2v) is 6.96. The smallest absolute Gasteiger partial charge is 0.335 e. The van der Waals surface area contributed by atoms with Gasteiger partial charge in [0.2, 0.25) is 0 Å². The van der Waals surface area contributed by atoms with Crippen LogP contribution < -0.4 is 4.72 Å². The molecule has 0 aliphatic rings. The van der Waals surface area contributed by atoms with Crippen LogP contribution in [0.25, 0.3) is 0 Å². The highest BCUT2D eigenvalue weighted by atomic mass is 79.9. The maximum atomic E-state index is 12.3. The minimum absolute atomic E-state index is 0.0698. The molecule has 0 aliphatic carbocycles. The summed E-state index contributed by atoms with van der Waals surface area (Å²) in [4.78, 5) is 11.0. The zero-order valence-electron chi connectivity index (χ0n) is 11.0. The monoisotopic (exact) mass is 369 g/mol. The van der Waals surface area contributed by atoms with Gasteiger partial charge >= 0.3 is 5.97 Å².